The summed E-state index contributed by atoms with van der Waals surface area (Å²) in [6.07, 6.45) is 7.12. The molecule has 2 nitrogen and oxygen atoms in total. The summed E-state index contributed by atoms with van der Waals surface area (Å²) in [4.78, 5) is 0. The molecule has 100 valence electrons. The van der Waals surface area contributed by atoms with Crippen LogP contribution in [0.25, 0.3) is 0 Å². The summed E-state index contributed by atoms with van der Waals surface area (Å²) in [5.41, 5.74) is 1.34. The molecule has 0 aliphatic heterocycles. The quantitative estimate of drug-likeness (QED) is 0.774. The minimum absolute atomic E-state index is 0.404. The molecule has 1 aliphatic carbocycles. The summed E-state index contributed by atoms with van der Waals surface area (Å²) < 4.78 is 5.91. The molecule has 1 atom stereocenters. The molecule has 1 unspecified atom stereocenters. The monoisotopic (exact) mass is 247 g/mol. The zero-order valence-corrected chi connectivity index (χ0v) is 11.4. The van der Waals surface area contributed by atoms with Gasteiger partial charge >= 0.3 is 0 Å². The van der Waals surface area contributed by atoms with E-state index in [0.29, 0.717) is 12.1 Å². The molecule has 0 bridgehead atoms. The third-order valence-electron chi connectivity index (χ3n) is 3.76. The van der Waals surface area contributed by atoms with Crippen LogP contribution in [0.15, 0.2) is 30.3 Å². The Balaban J connectivity index is 1.60. The van der Waals surface area contributed by atoms with Crippen molar-refractivity contribution < 1.29 is 4.74 Å². The first-order valence-electron chi connectivity index (χ1n) is 7.26. The van der Waals surface area contributed by atoms with Crippen LogP contribution in [-0.2, 0) is 4.74 Å². The normalized spacial score (nSPS) is 18.7. The Labute approximate surface area is 111 Å². The molecule has 1 fully saturated rings. The molecule has 0 radical (unpaired) electrons. The van der Waals surface area contributed by atoms with Crippen LogP contribution in [0.1, 0.15) is 50.6 Å². The van der Waals surface area contributed by atoms with Gasteiger partial charge in [0.25, 0.3) is 0 Å². The molecule has 0 heterocycles. The van der Waals surface area contributed by atoms with E-state index in [0.717, 1.165) is 13.2 Å². The van der Waals surface area contributed by atoms with E-state index >= 15 is 0 Å². The number of rotatable bonds is 6. The molecule has 0 saturated heterocycles. The summed E-state index contributed by atoms with van der Waals surface area (Å²) in [6, 6.07) is 11.0. The summed E-state index contributed by atoms with van der Waals surface area (Å²) in [7, 11) is 0. The van der Waals surface area contributed by atoms with Gasteiger partial charge in [-0.2, -0.15) is 0 Å². The van der Waals surface area contributed by atoms with Crippen molar-refractivity contribution in [3.05, 3.63) is 35.9 Å². The van der Waals surface area contributed by atoms with Gasteiger partial charge in [-0.1, -0.05) is 49.6 Å². The molecule has 2 heteroatoms. The van der Waals surface area contributed by atoms with Crippen LogP contribution in [0.3, 0.4) is 0 Å². The summed E-state index contributed by atoms with van der Waals surface area (Å²) >= 11 is 0. The maximum absolute atomic E-state index is 5.91. The number of nitrogens with one attached hydrogen (secondary N) is 1. The van der Waals surface area contributed by atoms with Gasteiger partial charge in [0.05, 0.1) is 12.7 Å². The van der Waals surface area contributed by atoms with Crippen molar-refractivity contribution in [1.29, 1.82) is 0 Å². The highest BCUT2D eigenvalue weighted by Gasteiger charge is 2.13. The number of benzene rings is 1. The van der Waals surface area contributed by atoms with Crippen molar-refractivity contribution in [3.63, 3.8) is 0 Å². The van der Waals surface area contributed by atoms with Crippen LogP contribution < -0.4 is 5.32 Å². The number of hydrogen-bond acceptors (Lipinski definition) is 2. The zero-order valence-electron chi connectivity index (χ0n) is 11.4. The van der Waals surface area contributed by atoms with E-state index in [9.17, 15) is 0 Å². The predicted molar refractivity (Wildman–Crippen MR) is 75.7 cm³/mol. The van der Waals surface area contributed by atoms with Crippen molar-refractivity contribution in [2.45, 2.75) is 51.2 Å². The molecule has 1 aliphatic rings. The van der Waals surface area contributed by atoms with Crippen molar-refractivity contribution in [2.24, 2.45) is 0 Å². The lowest BCUT2D eigenvalue weighted by molar-refractivity contribution is 0.0295. The average molecular weight is 247 g/mol. The minimum Gasteiger partial charge on any atom is -0.377 e. The zero-order chi connectivity index (χ0) is 12.6. The highest BCUT2D eigenvalue weighted by Crippen LogP contribution is 2.20. The fraction of sp³-hybridized carbons (Fsp3) is 0.625. The lowest BCUT2D eigenvalue weighted by Gasteiger charge is -2.22. The Hall–Kier alpha value is -0.860. The molecule has 1 aromatic carbocycles. The Kier molecular flexibility index (Phi) is 5.69. The molecule has 1 aromatic rings. The van der Waals surface area contributed by atoms with E-state index in [4.69, 9.17) is 4.74 Å². The first kappa shape index (κ1) is 13.6. The van der Waals surface area contributed by atoms with Crippen molar-refractivity contribution >= 4 is 0 Å². The highest BCUT2D eigenvalue weighted by atomic mass is 16.5. The van der Waals surface area contributed by atoms with Crippen LogP contribution >= 0.6 is 0 Å². The summed E-state index contributed by atoms with van der Waals surface area (Å²) in [6.45, 7) is 3.98. The number of ether oxygens (including phenoxy) is 1. The Morgan fingerprint density at radius 2 is 1.89 bits per heavy atom. The Morgan fingerprint density at radius 1 is 1.17 bits per heavy atom. The third-order valence-corrected chi connectivity index (χ3v) is 3.76. The third kappa shape index (κ3) is 4.43. The van der Waals surface area contributed by atoms with Gasteiger partial charge in [0.2, 0.25) is 0 Å². The molecule has 0 amide bonds. The standard InChI is InChI=1S/C16H25NO/c1-14(15-8-4-2-5-9-15)17-12-13-18-16-10-6-3-7-11-16/h2,4-5,8-9,14,16-17H,3,6-7,10-13H2,1H3. The van der Waals surface area contributed by atoms with Gasteiger partial charge in [0, 0.05) is 12.6 Å². The maximum Gasteiger partial charge on any atom is 0.0594 e. The molecule has 1 saturated carbocycles. The molecular weight excluding hydrogens is 222 g/mol. The van der Waals surface area contributed by atoms with Crippen LogP contribution in [0.2, 0.25) is 0 Å². The van der Waals surface area contributed by atoms with E-state index in [1.807, 2.05) is 0 Å². The molecule has 18 heavy (non-hydrogen) atoms. The van der Waals surface area contributed by atoms with E-state index in [-0.39, 0.29) is 0 Å². The predicted octanol–water partition coefficient (Wildman–Crippen LogP) is 3.69. The smallest absolute Gasteiger partial charge is 0.0594 e. The second kappa shape index (κ2) is 7.55. The van der Waals surface area contributed by atoms with Crippen molar-refractivity contribution in [1.82, 2.24) is 5.32 Å². The van der Waals surface area contributed by atoms with E-state index in [2.05, 4.69) is 42.6 Å². The van der Waals surface area contributed by atoms with E-state index in [1.54, 1.807) is 0 Å². The van der Waals surface area contributed by atoms with Crippen molar-refractivity contribution in [3.8, 4) is 0 Å². The van der Waals surface area contributed by atoms with E-state index < -0.39 is 0 Å². The second-order valence-electron chi connectivity index (χ2n) is 5.22. The number of hydrogen-bond donors (Lipinski definition) is 1. The maximum atomic E-state index is 5.91. The van der Waals surface area contributed by atoms with Gasteiger partial charge in [0.15, 0.2) is 0 Å². The lowest BCUT2D eigenvalue weighted by Crippen LogP contribution is -2.26. The van der Waals surface area contributed by atoms with Gasteiger partial charge in [-0.3, -0.25) is 0 Å². The Bertz CT molecular complexity index is 319. The first-order valence-corrected chi connectivity index (χ1v) is 7.26. The van der Waals surface area contributed by atoms with Crippen molar-refractivity contribution in [2.75, 3.05) is 13.2 Å². The first-order chi connectivity index (χ1) is 8.86. The van der Waals surface area contributed by atoms with Gasteiger partial charge < -0.3 is 10.1 Å². The molecule has 0 spiro atoms. The SMILES string of the molecule is CC(NCCOC1CCCCC1)c1ccccc1. The molecule has 1 N–H and O–H groups in total. The van der Waals surface area contributed by atoms with Crippen LogP contribution in [-0.4, -0.2) is 19.3 Å². The Morgan fingerprint density at radius 3 is 2.61 bits per heavy atom. The lowest BCUT2D eigenvalue weighted by atomic mass is 9.98. The fourth-order valence-electron chi connectivity index (χ4n) is 2.59. The fourth-order valence-corrected chi connectivity index (χ4v) is 2.59. The second-order valence-corrected chi connectivity index (χ2v) is 5.22. The molecule has 2 rings (SSSR count). The minimum atomic E-state index is 0.404. The van der Waals surface area contributed by atoms with Crippen LogP contribution in [0.4, 0.5) is 0 Å². The average Bonchev–Trinajstić information content (AvgIpc) is 2.45. The molecular formula is C16H25NO. The van der Waals surface area contributed by atoms with Gasteiger partial charge in [0.1, 0.15) is 0 Å². The largest absolute Gasteiger partial charge is 0.377 e. The van der Waals surface area contributed by atoms with Crippen LogP contribution in [0.5, 0.6) is 0 Å². The van der Waals surface area contributed by atoms with Gasteiger partial charge in [-0.15, -0.1) is 0 Å². The summed E-state index contributed by atoms with van der Waals surface area (Å²) in [5, 5.41) is 3.51. The highest BCUT2D eigenvalue weighted by molar-refractivity contribution is 5.17. The van der Waals surface area contributed by atoms with E-state index in [1.165, 1.54) is 37.7 Å². The van der Waals surface area contributed by atoms with Crippen LogP contribution in [0, 0.1) is 0 Å². The topological polar surface area (TPSA) is 21.3 Å². The molecule has 0 aromatic heterocycles. The van der Waals surface area contributed by atoms with Gasteiger partial charge in [-0.05, 0) is 25.3 Å². The van der Waals surface area contributed by atoms with Gasteiger partial charge in [-0.25, -0.2) is 0 Å². The summed E-state index contributed by atoms with van der Waals surface area (Å²) in [5.74, 6) is 0.